The zero-order valence-electron chi connectivity index (χ0n) is 11.4. The van der Waals surface area contributed by atoms with Gasteiger partial charge in [-0.3, -0.25) is 0 Å². The first kappa shape index (κ1) is 14.2. The first-order valence-electron chi connectivity index (χ1n) is 6.59. The van der Waals surface area contributed by atoms with E-state index in [0.29, 0.717) is 5.69 Å². The second-order valence-corrected chi connectivity index (χ2v) is 4.70. The van der Waals surface area contributed by atoms with E-state index in [1.54, 1.807) is 11.0 Å². The summed E-state index contributed by atoms with van der Waals surface area (Å²) in [7, 11) is 1.40. The number of amides is 2. The number of carbonyl (C=O) groups is 2. The Hall–Kier alpha value is -2.24. The first-order valence-corrected chi connectivity index (χ1v) is 6.59. The number of nitrogens with one attached hydrogen (secondary N) is 1. The highest BCUT2D eigenvalue weighted by molar-refractivity contribution is 5.94. The van der Waals surface area contributed by atoms with Crippen LogP contribution < -0.4 is 10.1 Å². The minimum atomic E-state index is -1.06. The molecule has 0 bridgehead atoms. The Morgan fingerprint density at radius 3 is 2.55 bits per heavy atom. The Morgan fingerprint density at radius 2 is 1.95 bits per heavy atom. The Balaban J connectivity index is 2.09. The number of carboxylic acid groups (broad SMARTS) is 1. The molecule has 1 aromatic rings. The molecule has 1 fully saturated rings. The Kier molecular flexibility index (Phi) is 4.45. The highest BCUT2D eigenvalue weighted by atomic mass is 16.5. The number of ether oxygens (including phenoxy) is 1. The lowest BCUT2D eigenvalue weighted by molar-refractivity contribution is 0.0693. The van der Waals surface area contributed by atoms with E-state index in [2.05, 4.69) is 5.32 Å². The molecule has 2 rings (SSSR count). The third kappa shape index (κ3) is 3.20. The highest BCUT2D eigenvalue weighted by Gasteiger charge is 2.17. The molecule has 0 aromatic heterocycles. The molecular weight excluding hydrogens is 260 g/mol. The maximum Gasteiger partial charge on any atom is 0.339 e. The molecule has 0 atom stereocenters. The summed E-state index contributed by atoms with van der Waals surface area (Å²) in [6.45, 7) is 1.52. The SMILES string of the molecule is COc1cc(NC(=O)N2CCCCC2)ccc1C(=O)O. The molecular formula is C14H18N2O4. The molecule has 108 valence electrons. The van der Waals surface area contributed by atoms with Crippen LogP contribution in [0.5, 0.6) is 5.75 Å². The third-order valence-electron chi connectivity index (χ3n) is 3.33. The number of methoxy groups -OCH3 is 1. The minimum Gasteiger partial charge on any atom is -0.496 e. The molecule has 0 saturated carbocycles. The van der Waals surface area contributed by atoms with E-state index in [-0.39, 0.29) is 17.3 Å². The van der Waals surface area contributed by atoms with Gasteiger partial charge in [0.1, 0.15) is 11.3 Å². The zero-order chi connectivity index (χ0) is 14.5. The largest absolute Gasteiger partial charge is 0.496 e. The van der Waals surface area contributed by atoms with Crippen LogP contribution >= 0.6 is 0 Å². The van der Waals surface area contributed by atoms with Gasteiger partial charge in [-0.15, -0.1) is 0 Å². The van der Waals surface area contributed by atoms with Crippen molar-refractivity contribution in [3.8, 4) is 5.75 Å². The van der Waals surface area contributed by atoms with Crippen LogP contribution in [0.1, 0.15) is 29.6 Å². The van der Waals surface area contributed by atoms with E-state index in [0.717, 1.165) is 32.4 Å². The fraction of sp³-hybridized carbons (Fsp3) is 0.429. The van der Waals surface area contributed by atoms with Crippen LogP contribution in [-0.4, -0.2) is 42.2 Å². The number of nitrogens with zero attached hydrogens (tertiary/aromatic N) is 1. The number of rotatable bonds is 3. The molecule has 0 aliphatic carbocycles. The van der Waals surface area contributed by atoms with Crippen molar-refractivity contribution < 1.29 is 19.4 Å². The number of piperidine rings is 1. The molecule has 20 heavy (non-hydrogen) atoms. The van der Waals surface area contributed by atoms with Crippen molar-refractivity contribution >= 4 is 17.7 Å². The number of anilines is 1. The number of aromatic carboxylic acids is 1. The van der Waals surface area contributed by atoms with E-state index in [1.807, 2.05) is 0 Å². The number of hydrogen-bond acceptors (Lipinski definition) is 3. The summed E-state index contributed by atoms with van der Waals surface area (Å²) >= 11 is 0. The molecule has 2 N–H and O–H groups in total. The number of carboxylic acids is 1. The molecule has 2 amide bonds. The summed E-state index contributed by atoms with van der Waals surface area (Å²) in [4.78, 5) is 24.8. The molecule has 1 heterocycles. The summed E-state index contributed by atoms with van der Waals surface area (Å²) < 4.78 is 5.03. The molecule has 0 radical (unpaired) electrons. The van der Waals surface area contributed by atoms with E-state index in [4.69, 9.17) is 9.84 Å². The topological polar surface area (TPSA) is 78.9 Å². The average molecular weight is 278 g/mol. The summed E-state index contributed by atoms with van der Waals surface area (Å²) in [6.07, 6.45) is 3.20. The second kappa shape index (κ2) is 6.27. The van der Waals surface area contributed by atoms with Crippen LogP contribution in [0.25, 0.3) is 0 Å². The Bertz CT molecular complexity index is 510. The van der Waals surface area contributed by atoms with Crippen LogP contribution in [0.4, 0.5) is 10.5 Å². The van der Waals surface area contributed by atoms with Crippen LogP contribution in [0, 0.1) is 0 Å². The monoisotopic (exact) mass is 278 g/mol. The molecule has 1 saturated heterocycles. The molecule has 1 aromatic carbocycles. The van der Waals surface area contributed by atoms with Crippen LogP contribution in [-0.2, 0) is 0 Å². The molecule has 6 nitrogen and oxygen atoms in total. The Morgan fingerprint density at radius 1 is 1.25 bits per heavy atom. The van der Waals surface area contributed by atoms with E-state index in [9.17, 15) is 9.59 Å². The van der Waals surface area contributed by atoms with Crippen molar-refractivity contribution in [2.24, 2.45) is 0 Å². The molecule has 0 spiro atoms. The van der Waals surface area contributed by atoms with Gasteiger partial charge in [0.05, 0.1) is 7.11 Å². The van der Waals surface area contributed by atoms with Crippen molar-refractivity contribution in [3.63, 3.8) is 0 Å². The molecule has 0 unspecified atom stereocenters. The van der Waals surface area contributed by atoms with Gasteiger partial charge in [-0.2, -0.15) is 0 Å². The zero-order valence-corrected chi connectivity index (χ0v) is 11.4. The minimum absolute atomic E-state index is 0.0727. The maximum atomic E-state index is 12.0. The molecule has 1 aliphatic heterocycles. The lowest BCUT2D eigenvalue weighted by Gasteiger charge is -2.26. The van der Waals surface area contributed by atoms with Crippen molar-refractivity contribution in [2.75, 3.05) is 25.5 Å². The van der Waals surface area contributed by atoms with Gasteiger partial charge < -0.3 is 20.1 Å². The van der Waals surface area contributed by atoms with Gasteiger partial charge in [0.15, 0.2) is 0 Å². The van der Waals surface area contributed by atoms with E-state index >= 15 is 0 Å². The number of carbonyl (C=O) groups excluding carboxylic acids is 1. The van der Waals surface area contributed by atoms with Gasteiger partial charge in [-0.05, 0) is 31.4 Å². The smallest absolute Gasteiger partial charge is 0.339 e. The van der Waals surface area contributed by atoms with E-state index < -0.39 is 5.97 Å². The Labute approximate surface area is 117 Å². The van der Waals surface area contributed by atoms with Gasteiger partial charge in [0, 0.05) is 24.8 Å². The highest BCUT2D eigenvalue weighted by Crippen LogP contribution is 2.23. The predicted molar refractivity (Wildman–Crippen MR) is 74.4 cm³/mol. The second-order valence-electron chi connectivity index (χ2n) is 4.70. The van der Waals surface area contributed by atoms with Crippen LogP contribution in [0.2, 0.25) is 0 Å². The van der Waals surface area contributed by atoms with Crippen LogP contribution in [0.15, 0.2) is 18.2 Å². The van der Waals surface area contributed by atoms with Crippen LogP contribution in [0.3, 0.4) is 0 Å². The fourth-order valence-electron chi connectivity index (χ4n) is 2.25. The van der Waals surface area contributed by atoms with E-state index in [1.165, 1.54) is 19.2 Å². The molecule has 1 aliphatic rings. The maximum absolute atomic E-state index is 12.0. The van der Waals surface area contributed by atoms with Crippen molar-refractivity contribution in [1.82, 2.24) is 4.90 Å². The van der Waals surface area contributed by atoms with Gasteiger partial charge >= 0.3 is 12.0 Å². The summed E-state index contributed by atoms with van der Waals surface area (Å²) in [5, 5.41) is 11.8. The summed E-state index contributed by atoms with van der Waals surface area (Å²) in [6, 6.07) is 4.35. The molecule has 6 heteroatoms. The fourth-order valence-corrected chi connectivity index (χ4v) is 2.25. The summed E-state index contributed by atoms with van der Waals surface area (Å²) in [5.41, 5.74) is 0.603. The van der Waals surface area contributed by atoms with Crippen molar-refractivity contribution in [2.45, 2.75) is 19.3 Å². The van der Waals surface area contributed by atoms with Gasteiger partial charge in [-0.25, -0.2) is 9.59 Å². The normalized spacial score (nSPS) is 14.8. The lowest BCUT2D eigenvalue weighted by Crippen LogP contribution is -2.38. The third-order valence-corrected chi connectivity index (χ3v) is 3.33. The van der Waals surface area contributed by atoms with Gasteiger partial charge in [0.2, 0.25) is 0 Å². The quantitative estimate of drug-likeness (QED) is 0.890. The number of benzene rings is 1. The average Bonchev–Trinajstić information content (AvgIpc) is 2.47. The number of urea groups is 1. The summed E-state index contributed by atoms with van der Waals surface area (Å²) in [5.74, 6) is -0.829. The van der Waals surface area contributed by atoms with Gasteiger partial charge in [0.25, 0.3) is 0 Å². The number of likely N-dealkylation sites (tertiary alicyclic amines) is 1. The van der Waals surface area contributed by atoms with Crippen molar-refractivity contribution in [1.29, 1.82) is 0 Å². The lowest BCUT2D eigenvalue weighted by atomic mass is 10.1. The van der Waals surface area contributed by atoms with Gasteiger partial charge in [-0.1, -0.05) is 0 Å². The first-order chi connectivity index (χ1) is 9.61. The number of hydrogen-bond donors (Lipinski definition) is 2. The van der Waals surface area contributed by atoms with Crippen molar-refractivity contribution in [3.05, 3.63) is 23.8 Å². The predicted octanol–water partition coefficient (Wildman–Crippen LogP) is 2.41. The standard InChI is InChI=1S/C14H18N2O4/c1-20-12-9-10(5-6-11(12)13(17)18)15-14(19)16-7-3-2-4-8-16/h5-6,9H,2-4,7-8H2,1H3,(H,15,19)(H,17,18).